The number of nitrogens with one attached hydrogen (secondary N) is 2. The van der Waals surface area contributed by atoms with E-state index in [2.05, 4.69) is 65.4 Å². The minimum Gasteiger partial charge on any atom is -0.360 e. The molecular formula is C20H29N5S. The number of anilines is 1. The van der Waals surface area contributed by atoms with Gasteiger partial charge in [0.2, 0.25) is 0 Å². The minimum absolute atomic E-state index is 0.453. The highest BCUT2D eigenvalue weighted by molar-refractivity contribution is 7.80. The van der Waals surface area contributed by atoms with Crippen LogP contribution in [-0.2, 0) is 6.54 Å². The second-order valence-electron chi connectivity index (χ2n) is 7.31. The third-order valence-electron chi connectivity index (χ3n) is 5.26. The Kier molecular flexibility index (Phi) is 5.94. The summed E-state index contributed by atoms with van der Waals surface area (Å²) in [6.07, 6.45) is 2.26. The smallest absolute Gasteiger partial charge is 0.171 e. The second-order valence-corrected chi connectivity index (χ2v) is 7.71. The number of hydrogen-bond acceptors (Lipinski definition) is 3. The molecule has 2 N–H and O–H groups in total. The fraction of sp³-hybridized carbons (Fsp3) is 0.500. The number of likely N-dealkylation sites (tertiary alicyclic amines) is 1. The number of benzene rings is 1. The molecule has 0 spiro atoms. The van der Waals surface area contributed by atoms with Crippen LogP contribution in [0.4, 0.5) is 5.69 Å². The van der Waals surface area contributed by atoms with E-state index in [-0.39, 0.29) is 0 Å². The van der Waals surface area contributed by atoms with Gasteiger partial charge in [0.25, 0.3) is 0 Å². The summed E-state index contributed by atoms with van der Waals surface area (Å²) in [6.45, 7) is 9.27. The average molecular weight is 372 g/mol. The van der Waals surface area contributed by atoms with Crippen molar-refractivity contribution in [2.45, 2.75) is 46.2 Å². The van der Waals surface area contributed by atoms with Gasteiger partial charge >= 0.3 is 0 Å². The van der Waals surface area contributed by atoms with Crippen LogP contribution in [0.2, 0.25) is 0 Å². The van der Waals surface area contributed by atoms with Gasteiger partial charge < -0.3 is 15.5 Å². The van der Waals surface area contributed by atoms with Crippen molar-refractivity contribution < 1.29 is 0 Å². The molecule has 0 saturated carbocycles. The highest BCUT2D eigenvalue weighted by Gasteiger charge is 2.19. The van der Waals surface area contributed by atoms with Crippen molar-refractivity contribution in [1.82, 2.24) is 20.0 Å². The Balaban J connectivity index is 1.66. The van der Waals surface area contributed by atoms with Crippen LogP contribution < -0.4 is 10.6 Å². The number of nitrogens with zero attached hydrogens (tertiary/aromatic N) is 3. The lowest BCUT2D eigenvalue weighted by atomic mass is 10.1. The molecule has 5 nitrogen and oxygen atoms in total. The van der Waals surface area contributed by atoms with Crippen LogP contribution >= 0.6 is 12.2 Å². The quantitative estimate of drug-likeness (QED) is 0.808. The highest BCUT2D eigenvalue weighted by atomic mass is 32.1. The van der Waals surface area contributed by atoms with Crippen LogP contribution in [0.3, 0.4) is 0 Å². The first-order valence-corrected chi connectivity index (χ1v) is 9.69. The molecule has 0 radical (unpaired) electrons. The molecule has 2 aromatic rings. The number of rotatable bonds is 4. The summed E-state index contributed by atoms with van der Waals surface area (Å²) in [5.41, 5.74) is 5.68. The van der Waals surface area contributed by atoms with E-state index in [1.165, 1.54) is 11.1 Å². The molecule has 1 aromatic carbocycles. The first kappa shape index (κ1) is 18.9. The summed E-state index contributed by atoms with van der Waals surface area (Å²) in [5.74, 6) is 0. The molecule has 3 rings (SSSR count). The lowest BCUT2D eigenvalue weighted by Gasteiger charge is -2.30. The van der Waals surface area contributed by atoms with E-state index >= 15 is 0 Å². The van der Waals surface area contributed by atoms with Crippen molar-refractivity contribution in [3.8, 4) is 0 Å². The van der Waals surface area contributed by atoms with Crippen LogP contribution in [0.5, 0.6) is 0 Å². The van der Waals surface area contributed by atoms with Crippen LogP contribution in [0, 0.1) is 20.8 Å². The van der Waals surface area contributed by atoms with Crippen molar-refractivity contribution in [3.05, 3.63) is 46.8 Å². The van der Waals surface area contributed by atoms with Gasteiger partial charge in [-0.3, -0.25) is 4.68 Å². The van der Waals surface area contributed by atoms with Crippen LogP contribution in [-0.4, -0.2) is 46.0 Å². The zero-order chi connectivity index (χ0) is 18.7. The summed E-state index contributed by atoms with van der Waals surface area (Å²) in [7, 11) is 2.17. The Hall–Kier alpha value is -1.92. The standard InChI is InChI=1S/C20H29N5S/c1-14-7-5-6-8-17(14)13-25-16(3)19(15(2)23-25)22-20(26)21-18-9-11-24(4)12-10-18/h5-8,18H,9-13H2,1-4H3,(H2,21,22,26). The molecule has 140 valence electrons. The van der Waals surface area contributed by atoms with Crippen LogP contribution in [0.1, 0.15) is 35.4 Å². The van der Waals surface area contributed by atoms with E-state index in [4.69, 9.17) is 17.3 Å². The third-order valence-corrected chi connectivity index (χ3v) is 5.48. The second kappa shape index (κ2) is 8.18. The van der Waals surface area contributed by atoms with Gasteiger partial charge in [-0.05, 0) is 77.1 Å². The van der Waals surface area contributed by atoms with Crippen LogP contribution in [0.15, 0.2) is 24.3 Å². The molecule has 1 fully saturated rings. The fourth-order valence-electron chi connectivity index (χ4n) is 3.47. The van der Waals surface area contributed by atoms with Gasteiger partial charge in [0, 0.05) is 6.04 Å². The number of aromatic nitrogens is 2. The first-order chi connectivity index (χ1) is 12.4. The molecule has 1 saturated heterocycles. The molecule has 1 aliphatic rings. The maximum atomic E-state index is 5.55. The van der Waals surface area contributed by atoms with Gasteiger partial charge in [0.15, 0.2) is 5.11 Å². The predicted molar refractivity (Wildman–Crippen MR) is 112 cm³/mol. The van der Waals surface area contributed by atoms with Gasteiger partial charge in [-0.25, -0.2) is 0 Å². The highest BCUT2D eigenvalue weighted by Crippen LogP contribution is 2.21. The largest absolute Gasteiger partial charge is 0.360 e. The number of aryl methyl sites for hydroxylation is 2. The Bertz CT molecular complexity index is 775. The summed E-state index contributed by atoms with van der Waals surface area (Å²) in [4.78, 5) is 2.36. The van der Waals surface area contributed by atoms with Gasteiger partial charge in [-0.15, -0.1) is 0 Å². The topological polar surface area (TPSA) is 45.1 Å². The monoisotopic (exact) mass is 371 g/mol. The number of thiocarbonyl (C=S) groups is 1. The molecule has 0 atom stereocenters. The Morgan fingerprint density at radius 3 is 2.58 bits per heavy atom. The first-order valence-electron chi connectivity index (χ1n) is 9.28. The Labute approximate surface area is 161 Å². The molecule has 0 bridgehead atoms. The summed E-state index contributed by atoms with van der Waals surface area (Å²) >= 11 is 5.55. The summed E-state index contributed by atoms with van der Waals surface area (Å²) < 4.78 is 2.05. The molecule has 1 aromatic heterocycles. The zero-order valence-electron chi connectivity index (χ0n) is 16.2. The Morgan fingerprint density at radius 1 is 1.19 bits per heavy atom. The molecule has 6 heteroatoms. The molecule has 0 amide bonds. The molecule has 1 aliphatic heterocycles. The maximum Gasteiger partial charge on any atom is 0.171 e. The molecule has 0 unspecified atom stereocenters. The van der Waals surface area contributed by atoms with Crippen molar-refractivity contribution in [1.29, 1.82) is 0 Å². The van der Waals surface area contributed by atoms with Gasteiger partial charge in [0.1, 0.15) is 0 Å². The van der Waals surface area contributed by atoms with Gasteiger partial charge in [-0.1, -0.05) is 24.3 Å². The van der Waals surface area contributed by atoms with Crippen LogP contribution in [0.25, 0.3) is 0 Å². The lowest BCUT2D eigenvalue weighted by Crippen LogP contribution is -2.44. The Morgan fingerprint density at radius 2 is 1.88 bits per heavy atom. The summed E-state index contributed by atoms with van der Waals surface area (Å²) in [6, 6.07) is 8.90. The third kappa shape index (κ3) is 4.43. The van der Waals surface area contributed by atoms with E-state index in [0.29, 0.717) is 11.2 Å². The minimum atomic E-state index is 0.453. The van der Waals surface area contributed by atoms with E-state index in [1.807, 2.05) is 6.92 Å². The molecule has 2 heterocycles. The molecule has 26 heavy (non-hydrogen) atoms. The zero-order valence-corrected chi connectivity index (χ0v) is 17.0. The van der Waals surface area contributed by atoms with Gasteiger partial charge in [-0.2, -0.15) is 5.10 Å². The number of piperidine rings is 1. The van der Waals surface area contributed by atoms with E-state index in [9.17, 15) is 0 Å². The average Bonchev–Trinajstić information content (AvgIpc) is 2.86. The lowest BCUT2D eigenvalue weighted by molar-refractivity contribution is 0.247. The van der Waals surface area contributed by atoms with Gasteiger partial charge in [0.05, 0.1) is 23.6 Å². The van der Waals surface area contributed by atoms with Crippen molar-refractivity contribution >= 4 is 23.0 Å². The van der Waals surface area contributed by atoms with Crippen molar-refractivity contribution in [3.63, 3.8) is 0 Å². The van der Waals surface area contributed by atoms with E-state index < -0.39 is 0 Å². The summed E-state index contributed by atoms with van der Waals surface area (Å²) in [5, 5.41) is 12.3. The van der Waals surface area contributed by atoms with E-state index in [0.717, 1.165) is 49.6 Å². The van der Waals surface area contributed by atoms with E-state index in [1.54, 1.807) is 0 Å². The van der Waals surface area contributed by atoms with Crippen molar-refractivity contribution in [2.24, 2.45) is 0 Å². The van der Waals surface area contributed by atoms with Crippen molar-refractivity contribution in [2.75, 3.05) is 25.5 Å². The predicted octanol–water partition coefficient (Wildman–Crippen LogP) is 3.24. The number of hydrogen-bond donors (Lipinski definition) is 2. The molecule has 0 aliphatic carbocycles. The molecular weight excluding hydrogens is 342 g/mol. The fourth-order valence-corrected chi connectivity index (χ4v) is 3.74. The normalized spacial score (nSPS) is 15.8. The SMILES string of the molecule is Cc1ccccc1Cn1nc(C)c(NC(=S)NC2CCN(C)CC2)c1C. The maximum absolute atomic E-state index is 5.55.